The van der Waals surface area contributed by atoms with Crippen molar-refractivity contribution in [2.45, 2.75) is 32.2 Å². The monoisotopic (exact) mass is 281 g/mol. The minimum atomic E-state index is 0.914. The first kappa shape index (κ1) is 14.2. The molecule has 1 aliphatic rings. The predicted molar refractivity (Wildman–Crippen MR) is 88.8 cm³/mol. The van der Waals surface area contributed by atoms with Crippen LogP contribution in [0.5, 0.6) is 5.75 Å². The van der Waals surface area contributed by atoms with Gasteiger partial charge in [-0.25, -0.2) is 0 Å². The number of nitrogens with one attached hydrogen (secondary N) is 1. The zero-order valence-corrected chi connectivity index (χ0v) is 12.7. The van der Waals surface area contributed by atoms with Crippen LogP contribution >= 0.6 is 0 Å². The van der Waals surface area contributed by atoms with Crippen molar-refractivity contribution >= 4 is 10.8 Å². The second-order valence-electron chi connectivity index (χ2n) is 5.65. The van der Waals surface area contributed by atoms with E-state index in [2.05, 4.69) is 47.8 Å². The smallest absolute Gasteiger partial charge is 0.126 e. The minimum absolute atomic E-state index is 0.914. The van der Waals surface area contributed by atoms with E-state index < -0.39 is 0 Å². The summed E-state index contributed by atoms with van der Waals surface area (Å²) < 4.78 is 5.45. The predicted octanol–water partition coefficient (Wildman–Crippen LogP) is 4.44. The molecular weight excluding hydrogens is 258 g/mol. The first-order valence-corrected chi connectivity index (χ1v) is 7.82. The Morgan fingerprint density at radius 3 is 2.71 bits per heavy atom. The van der Waals surface area contributed by atoms with Gasteiger partial charge in [-0.3, -0.25) is 0 Å². The molecule has 21 heavy (non-hydrogen) atoms. The van der Waals surface area contributed by atoms with E-state index in [-0.39, 0.29) is 0 Å². The van der Waals surface area contributed by atoms with Crippen LogP contribution in [0.4, 0.5) is 0 Å². The van der Waals surface area contributed by atoms with E-state index in [1.54, 1.807) is 12.7 Å². The molecule has 3 rings (SSSR count). The summed E-state index contributed by atoms with van der Waals surface area (Å²) in [7, 11) is 1.73. The van der Waals surface area contributed by atoms with Crippen LogP contribution in [0.15, 0.2) is 48.0 Å². The molecule has 0 unspecified atom stereocenters. The molecule has 1 N–H and O–H groups in total. The van der Waals surface area contributed by atoms with Crippen molar-refractivity contribution in [3.63, 3.8) is 0 Å². The lowest BCUT2D eigenvalue weighted by Crippen LogP contribution is -2.15. The fraction of sp³-hybridized carbons (Fsp3) is 0.368. The van der Waals surface area contributed by atoms with Crippen molar-refractivity contribution in [2.75, 3.05) is 13.7 Å². The van der Waals surface area contributed by atoms with Gasteiger partial charge in [-0.2, -0.15) is 0 Å². The molecule has 0 saturated carbocycles. The van der Waals surface area contributed by atoms with Crippen molar-refractivity contribution in [1.82, 2.24) is 5.32 Å². The summed E-state index contributed by atoms with van der Waals surface area (Å²) in [5.41, 5.74) is 2.97. The van der Waals surface area contributed by atoms with Gasteiger partial charge in [0.25, 0.3) is 0 Å². The fourth-order valence-electron chi connectivity index (χ4n) is 3.10. The largest absolute Gasteiger partial charge is 0.496 e. The summed E-state index contributed by atoms with van der Waals surface area (Å²) in [6.07, 6.45) is 7.52. The number of rotatable bonds is 6. The van der Waals surface area contributed by atoms with Crippen LogP contribution in [0.3, 0.4) is 0 Å². The lowest BCUT2D eigenvalue weighted by atomic mass is 10.0. The number of benzene rings is 2. The van der Waals surface area contributed by atoms with Gasteiger partial charge in [0, 0.05) is 11.9 Å². The first-order valence-electron chi connectivity index (χ1n) is 7.82. The highest BCUT2D eigenvalue weighted by atomic mass is 16.5. The molecule has 0 atom stereocenters. The number of hydrogen-bond acceptors (Lipinski definition) is 2. The molecule has 2 heteroatoms. The molecule has 0 aromatic heterocycles. The maximum absolute atomic E-state index is 5.45. The lowest BCUT2D eigenvalue weighted by molar-refractivity contribution is 0.419. The van der Waals surface area contributed by atoms with Crippen LogP contribution in [0.1, 0.15) is 31.2 Å². The second kappa shape index (κ2) is 6.77. The quantitative estimate of drug-likeness (QED) is 0.624. The zero-order valence-electron chi connectivity index (χ0n) is 12.7. The average Bonchev–Trinajstić information content (AvgIpc) is 3.05. The third-order valence-electron chi connectivity index (χ3n) is 4.27. The van der Waals surface area contributed by atoms with Gasteiger partial charge in [0.2, 0.25) is 0 Å². The van der Waals surface area contributed by atoms with Crippen molar-refractivity contribution < 1.29 is 4.74 Å². The summed E-state index contributed by atoms with van der Waals surface area (Å²) in [6.45, 7) is 1.98. The third-order valence-corrected chi connectivity index (χ3v) is 4.27. The Morgan fingerprint density at radius 1 is 1.10 bits per heavy atom. The van der Waals surface area contributed by atoms with E-state index in [0.717, 1.165) is 18.8 Å². The average molecular weight is 281 g/mol. The van der Waals surface area contributed by atoms with Gasteiger partial charge in [0.15, 0.2) is 0 Å². The minimum Gasteiger partial charge on any atom is -0.496 e. The van der Waals surface area contributed by atoms with Gasteiger partial charge in [-0.15, -0.1) is 0 Å². The van der Waals surface area contributed by atoms with Crippen LogP contribution in [0.2, 0.25) is 0 Å². The number of allylic oxidation sites excluding steroid dienone is 1. The van der Waals surface area contributed by atoms with E-state index in [0.29, 0.717) is 0 Å². The molecule has 1 aliphatic carbocycles. The van der Waals surface area contributed by atoms with Crippen LogP contribution in [0, 0.1) is 0 Å². The highest BCUT2D eigenvalue weighted by Crippen LogP contribution is 2.28. The molecule has 2 nitrogen and oxygen atoms in total. The topological polar surface area (TPSA) is 21.3 Å². The lowest BCUT2D eigenvalue weighted by Gasteiger charge is -2.11. The summed E-state index contributed by atoms with van der Waals surface area (Å²) in [6, 6.07) is 12.7. The van der Waals surface area contributed by atoms with Crippen LogP contribution in [0.25, 0.3) is 10.8 Å². The Balaban J connectivity index is 1.66. The van der Waals surface area contributed by atoms with E-state index >= 15 is 0 Å². The summed E-state index contributed by atoms with van der Waals surface area (Å²) >= 11 is 0. The Morgan fingerprint density at radius 2 is 1.95 bits per heavy atom. The number of methoxy groups -OCH3 is 1. The standard InChI is InChI=1S/C19H23NO/c1-21-19-11-10-16(17-8-4-5-9-18(17)19)14-20-13-12-15-6-2-3-7-15/h4-6,8-11,20H,2-3,7,12-14H2,1H3. The van der Waals surface area contributed by atoms with Crippen molar-refractivity contribution in [3.05, 3.63) is 53.6 Å². The van der Waals surface area contributed by atoms with E-state index in [4.69, 9.17) is 4.74 Å². The molecule has 0 amide bonds. The third kappa shape index (κ3) is 3.27. The Kier molecular flexibility index (Phi) is 4.56. The van der Waals surface area contributed by atoms with Crippen LogP contribution in [-0.2, 0) is 6.54 Å². The maximum Gasteiger partial charge on any atom is 0.126 e. The van der Waals surface area contributed by atoms with Crippen molar-refractivity contribution in [2.24, 2.45) is 0 Å². The van der Waals surface area contributed by atoms with Crippen LogP contribution in [-0.4, -0.2) is 13.7 Å². The molecule has 110 valence electrons. The molecule has 0 aliphatic heterocycles. The molecule has 0 heterocycles. The number of fused-ring (bicyclic) bond motifs is 1. The molecule has 0 fully saturated rings. The van der Waals surface area contributed by atoms with Gasteiger partial charge in [0.05, 0.1) is 7.11 Å². The highest BCUT2D eigenvalue weighted by molar-refractivity contribution is 5.91. The van der Waals surface area contributed by atoms with Crippen molar-refractivity contribution in [3.8, 4) is 5.75 Å². The van der Waals surface area contributed by atoms with Gasteiger partial charge < -0.3 is 10.1 Å². The molecule has 0 radical (unpaired) electrons. The van der Waals surface area contributed by atoms with Gasteiger partial charge in [0.1, 0.15) is 5.75 Å². The van der Waals surface area contributed by atoms with Gasteiger partial charge >= 0.3 is 0 Å². The summed E-state index contributed by atoms with van der Waals surface area (Å²) in [5.74, 6) is 0.950. The second-order valence-corrected chi connectivity index (χ2v) is 5.65. The maximum atomic E-state index is 5.45. The zero-order chi connectivity index (χ0) is 14.5. The Hall–Kier alpha value is -1.80. The fourth-order valence-corrected chi connectivity index (χ4v) is 3.10. The Labute approximate surface area is 126 Å². The summed E-state index contributed by atoms with van der Waals surface area (Å²) in [5, 5.41) is 6.05. The van der Waals surface area contributed by atoms with Gasteiger partial charge in [-0.1, -0.05) is 42.0 Å². The normalized spacial score (nSPS) is 14.4. The first-order chi connectivity index (χ1) is 10.4. The number of hydrogen-bond donors (Lipinski definition) is 1. The van der Waals surface area contributed by atoms with E-state index in [9.17, 15) is 0 Å². The molecule has 0 saturated heterocycles. The highest BCUT2D eigenvalue weighted by Gasteiger charge is 2.06. The summed E-state index contributed by atoms with van der Waals surface area (Å²) in [4.78, 5) is 0. The van der Waals surface area contributed by atoms with Crippen molar-refractivity contribution in [1.29, 1.82) is 0 Å². The molecule has 0 spiro atoms. The SMILES string of the molecule is COc1ccc(CNCCC2=CCCC2)c2ccccc12. The van der Waals surface area contributed by atoms with E-state index in [1.165, 1.54) is 42.0 Å². The van der Waals surface area contributed by atoms with Crippen LogP contribution < -0.4 is 10.1 Å². The Bertz CT molecular complexity index is 645. The van der Waals surface area contributed by atoms with Gasteiger partial charge in [-0.05, 0) is 49.2 Å². The number of ether oxygens (including phenoxy) is 1. The molecule has 2 aromatic rings. The van der Waals surface area contributed by atoms with E-state index in [1.807, 2.05) is 0 Å². The molecule has 0 bridgehead atoms. The molecule has 2 aromatic carbocycles. The molecular formula is C19H23NO.